The molecule has 2 aromatic rings. The molecule has 0 bridgehead atoms. The van der Waals surface area contributed by atoms with Crippen molar-refractivity contribution in [2.24, 2.45) is 5.92 Å². The molecule has 2 heterocycles. The smallest absolute Gasteiger partial charge is 0.272 e. The molecule has 0 aliphatic carbocycles. The highest BCUT2D eigenvalue weighted by Crippen LogP contribution is 2.26. The predicted molar refractivity (Wildman–Crippen MR) is 89.8 cm³/mol. The first-order valence-corrected chi connectivity index (χ1v) is 8.05. The summed E-state index contributed by atoms with van der Waals surface area (Å²) in [5.74, 6) is -1.34. The summed E-state index contributed by atoms with van der Waals surface area (Å²) >= 11 is 0. The minimum absolute atomic E-state index is 0.249. The highest BCUT2D eigenvalue weighted by atomic mass is 19.1. The van der Waals surface area contributed by atoms with E-state index in [0.717, 1.165) is 37.1 Å². The Hall–Kier alpha value is -2.70. The van der Waals surface area contributed by atoms with Crippen LogP contribution in [0, 0.1) is 17.6 Å². The van der Waals surface area contributed by atoms with Crippen LogP contribution in [-0.2, 0) is 0 Å². The fourth-order valence-electron chi connectivity index (χ4n) is 2.94. The van der Waals surface area contributed by atoms with E-state index in [2.05, 4.69) is 15.2 Å². The van der Waals surface area contributed by atoms with Crippen molar-refractivity contribution in [1.82, 2.24) is 10.3 Å². The molecule has 3 rings (SSSR count). The molecule has 1 aliphatic heterocycles. The lowest BCUT2D eigenvalue weighted by Gasteiger charge is -2.19. The van der Waals surface area contributed by atoms with Gasteiger partial charge in [-0.25, -0.2) is 13.8 Å². The molecule has 1 amide bonds. The van der Waals surface area contributed by atoms with E-state index in [1.54, 1.807) is 7.11 Å². The topological polar surface area (TPSA) is 54.5 Å². The van der Waals surface area contributed by atoms with Crippen LogP contribution >= 0.6 is 0 Å². The molecule has 1 atom stereocenters. The van der Waals surface area contributed by atoms with Crippen molar-refractivity contribution in [3.8, 4) is 5.75 Å². The molecule has 1 aromatic heterocycles. The summed E-state index contributed by atoms with van der Waals surface area (Å²) in [5, 5.41) is 2.68. The van der Waals surface area contributed by atoms with Crippen LogP contribution in [-0.4, -0.2) is 37.6 Å². The second-order valence-electron chi connectivity index (χ2n) is 6.00. The second kappa shape index (κ2) is 7.46. The summed E-state index contributed by atoms with van der Waals surface area (Å²) in [6.07, 6.45) is 1.74. The quantitative estimate of drug-likeness (QED) is 0.903. The molecule has 0 radical (unpaired) electrons. The van der Waals surface area contributed by atoms with Crippen LogP contribution in [0.4, 0.5) is 14.5 Å². The highest BCUT2D eigenvalue weighted by Gasteiger charge is 2.24. The van der Waals surface area contributed by atoms with Crippen molar-refractivity contribution in [3.63, 3.8) is 0 Å². The molecular formula is C18H19F2N3O2. The molecule has 1 fully saturated rings. The van der Waals surface area contributed by atoms with Gasteiger partial charge in [-0.1, -0.05) is 6.07 Å². The van der Waals surface area contributed by atoms with Gasteiger partial charge in [0, 0.05) is 37.5 Å². The molecule has 5 nitrogen and oxygen atoms in total. The van der Waals surface area contributed by atoms with E-state index in [0.29, 0.717) is 12.6 Å². The molecule has 1 aromatic carbocycles. The highest BCUT2D eigenvalue weighted by molar-refractivity contribution is 5.92. The van der Waals surface area contributed by atoms with Crippen LogP contribution < -0.4 is 15.0 Å². The van der Waals surface area contributed by atoms with Gasteiger partial charge in [0.1, 0.15) is 11.6 Å². The molecular weight excluding hydrogens is 328 g/mol. The first-order chi connectivity index (χ1) is 12.1. The van der Waals surface area contributed by atoms with Crippen molar-refractivity contribution in [2.75, 3.05) is 31.6 Å². The number of nitrogens with one attached hydrogen (secondary N) is 1. The van der Waals surface area contributed by atoms with Crippen LogP contribution in [0.15, 0.2) is 36.5 Å². The number of aromatic nitrogens is 1. The Morgan fingerprint density at radius 2 is 2.24 bits per heavy atom. The van der Waals surface area contributed by atoms with Crippen molar-refractivity contribution in [3.05, 3.63) is 53.9 Å². The average Bonchev–Trinajstić information content (AvgIpc) is 3.09. The molecule has 0 unspecified atom stereocenters. The zero-order chi connectivity index (χ0) is 17.8. The van der Waals surface area contributed by atoms with E-state index in [-0.39, 0.29) is 11.6 Å². The Balaban J connectivity index is 1.55. The van der Waals surface area contributed by atoms with Crippen molar-refractivity contribution in [1.29, 1.82) is 0 Å². The van der Waals surface area contributed by atoms with Crippen LogP contribution in [0.2, 0.25) is 0 Å². The van der Waals surface area contributed by atoms with Crippen molar-refractivity contribution < 1.29 is 18.3 Å². The van der Waals surface area contributed by atoms with Crippen LogP contribution in [0.5, 0.6) is 5.75 Å². The number of pyridine rings is 1. The number of hydrogen-bond acceptors (Lipinski definition) is 4. The normalized spacial score (nSPS) is 16.8. The molecule has 0 saturated carbocycles. The van der Waals surface area contributed by atoms with Crippen LogP contribution in [0.25, 0.3) is 0 Å². The van der Waals surface area contributed by atoms with Crippen molar-refractivity contribution in [2.45, 2.75) is 6.42 Å². The molecule has 132 valence electrons. The number of benzene rings is 1. The third kappa shape index (κ3) is 4.04. The number of hydrogen-bond donors (Lipinski definition) is 1. The molecule has 0 spiro atoms. The third-order valence-corrected chi connectivity index (χ3v) is 4.28. The van der Waals surface area contributed by atoms with Crippen molar-refractivity contribution >= 4 is 11.6 Å². The first kappa shape index (κ1) is 17.1. The Kier molecular flexibility index (Phi) is 5.11. The Morgan fingerprint density at radius 1 is 1.40 bits per heavy atom. The molecule has 1 aliphatic rings. The molecule has 1 saturated heterocycles. The van der Waals surface area contributed by atoms with Crippen LogP contribution in [0.3, 0.4) is 0 Å². The van der Waals surface area contributed by atoms with Crippen LogP contribution in [0.1, 0.15) is 16.9 Å². The summed E-state index contributed by atoms with van der Waals surface area (Å²) in [6, 6.07) is 8.47. The Labute approximate surface area is 144 Å². The lowest BCUT2D eigenvalue weighted by molar-refractivity contribution is 0.0938. The van der Waals surface area contributed by atoms with Gasteiger partial charge >= 0.3 is 0 Å². The number of anilines is 1. The maximum atomic E-state index is 13.6. The maximum Gasteiger partial charge on any atom is 0.272 e. The molecule has 7 heteroatoms. The van der Waals surface area contributed by atoms with Gasteiger partial charge in [-0.05, 0) is 24.5 Å². The second-order valence-corrected chi connectivity index (χ2v) is 6.00. The zero-order valence-electron chi connectivity index (χ0n) is 13.8. The molecule has 25 heavy (non-hydrogen) atoms. The largest absolute Gasteiger partial charge is 0.497 e. The number of nitrogens with zero attached hydrogens (tertiary/aromatic N) is 2. The number of halogens is 2. The number of carbonyl (C=O) groups excluding carboxylic acids is 1. The van der Waals surface area contributed by atoms with E-state index in [4.69, 9.17) is 4.74 Å². The minimum atomic E-state index is -0.957. The Bertz CT molecular complexity index is 770. The van der Waals surface area contributed by atoms with Gasteiger partial charge in [0.25, 0.3) is 5.91 Å². The summed E-state index contributed by atoms with van der Waals surface area (Å²) in [4.78, 5) is 17.7. The lowest BCUT2D eigenvalue weighted by Crippen LogP contribution is -2.32. The van der Waals surface area contributed by atoms with E-state index >= 15 is 0 Å². The number of methoxy groups -OCH3 is 1. The Morgan fingerprint density at radius 3 is 3.00 bits per heavy atom. The van der Waals surface area contributed by atoms with E-state index in [1.165, 1.54) is 0 Å². The SMILES string of the molecule is COc1cccc(N2CC[C@@H](CNC(=O)c3ncc(F)cc3F)C2)c1. The van der Waals surface area contributed by atoms with Gasteiger partial charge in [-0.2, -0.15) is 0 Å². The predicted octanol–water partition coefficient (Wildman–Crippen LogP) is 2.62. The first-order valence-electron chi connectivity index (χ1n) is 8.05. The number of rotatable bonds is 5. The van der Waals surface area contributed by atoms with Gasteiger partial charge in [0.05, 0.1) is 13.3 Å². The summed E-state index contributed by atoms with van der Waals surface area (Å²) in [5.41, 5.74) is 0.684. The minimum Gasteiger partial charge on any atom is -0.497 e. The van der Waals surface area contributed by atoms with E-state index < -0.39 is 17.5 Å². The monoisotopic (exact) mass is 347 g/mol. The molecule has 1 N–H and O–H groups in total. The summed E-state index contributed by atoms with van der Waals surface area (Å²) in [7, 11) is 1.63. The zero-order valence-corrected chi connectivity index (χ0v) is 13.8. The maximum absolute atomic E-state index is 13.6. The number of amides is 1. The van der Waals surface area contributed by atoms with Gasteiger partial charge < -0.3 is 15.0 Å². The lowest BCUT2D eigenvalue weighted by atomic mass is 10.1. The standard InChI is InChI=1S/C18H19F2N3O2/c1-25-15-4-2-3-14(8-15)23-6-5-12(11-23)9-22-18(24)17-16(20)7-13(19)10-21-17/h2-4,7-8,10,12H,5-6,9,11H2,1H3,(H,22,24)/t12-/m0/s1. The summed E-state index contributed by atoms with van der Waals surface area (Å²) < 4.78 is 31.7. The van der Waals surface area contributed by atoms with Gasteiger partial charge in [0.2, 0.25) is 0 Å². The van der Waals surface area contributed by atoms with Gasteiger partial charge in [0.15, 0.2) is 11.5 Å². The van der Waals surface area contributed by atoms with E-state index in [9.17, 15) is 13.6 Å². The van der Waals surface area contributed by atoms with Gasteiger partial charge in [-0.15, -0.1) is 0 Å². The average molecular weight is 347 g/mol. The van der Waals surface area contributed by atoms with E-state index in [1.807, 2.05) is 24.3 Å². The fraction of sp³-hybridized carbons (Fsp3) is 0.333. The third-order valence-electron chi connectivity index (χ3n) is 4.28. The van der Waals surface area contributed by atoms with Gasteiger partial charge in [-0.3, -0.25) is 4.79 Å². The number of ether oxygens (including phenoxy) is 1. The summed E-state index contributed by atoms with van der Waals surface area (Å²) in [6.45, 7) is 2.07. The fourth-order valence-corrected chi connectivity index (χ4v) is 2.94. The number of carbonyl (C=O) groups is 1.